The van der Waals surface area contributed by atoms with Crippen molar-refractivity contribution >= 4 is 5.91 Å². The molecule has 0 atom stereocenters. The number of ether oxygens (including phenoxy) is 1. The zero-order chi connectivity index (χ0) is 13.5. The Morgan fingerprint density at radius 1 is 1.26 bits per heavy atom. The molecule has 1 amide bonds. The molecule has 0 saturated heterocycles. The first kappa shape index (κ1) is 13.0. The Morgan fingerprint density at radius 2 is 2.00 bits per heavy atom. The predicted octanol–water partition coefficient (Wildman–Crippen LogP) is 1.46. The molecule has 0 bridgehead atoms. The number of hydrogen-bond donors (Lipinski definition) is 1. The lowest BCUT2D eigenvalue weighted by molar-refractivity contribution is 0.0951. The molecule has 0 unspecified atom stereocenters. The van der Waals surface area contributed by atoms with Crippen molar-refractivity contribution in [3.8, 4) is 5.75 Å². The minimum absolute atomic E-state index is 0.144. The normalized spacial score (nSPS) is 9.95. The molecule has 5 heteroatoms. The Morgan fingerprint density at radius 3 is 2.74 bits per heavy atom. The largest absolute Gasteiger partial charge is 0.496 e. The number of carbonyl (C=O) groups is 1. The zero-order valence-electron chi connectivity index (χ0n) is 10.7. The number of amides is 1. The molecule has 0 spiro atoms. The number of nitrogens with zero attached hydrogens (tertiary/aromatic N) is 2. The zero-order valence-corrected chi connectivity index (χ0v) is 10.7. The maximum absolute atomic E-state index is 12.0. The molecule has 0 saturated carbocycles. The number of methoxy groups -OCH3 is 1. The van der Waals surface area contributed by atoms with Crippen LogP contribution in [0.5, 0.6) is 5.75 Å². The molecule has 0 fully saturated rings. The van der Waals surface area contributed by atoms with Crippen LogP contribution in [0, 0.1) is 0 Å². The minimum Gasteiger partial charge on any atom is -0.496 e. The highest BCUT2D eigenvalue weighted by Gasteiger charge is 2.10. The summed E-state index contributed by atoms with van der Waals surface area (Å²) >= 11 is 0. The minimum atomic E-state index is -0.144. The van der Waals surface area contributed by atoms with Gasteiger partial charge in [-0.05, 0) is 24.1 Å². The highest BCUT2D eigenvalue weighted by Crippen LogP contribution is 2.16. The molecule has 1 aromatic heterocycles. The van der Waals surface area contributed by atoms with Gasteiger partial charge in [0.25, 0.3) is 5.91 Å². The van der Waals surface area contributed by atoms with Gasteiger partial charge in [0.1, 0.15) is 12.1 Å². The van der Waals surface area contributed by atoms with E-state index in [1.54, 1.807) is 31.6 Å². The van der Waals surface area contributed by atoms with Crippen molar-refractivity contribution in [2.45, 2.75) is 6.42 Å². The van der Waals surface area contributed by atoms with Gasteiger partial charge >= 0.3 is 0 Å². The molecule has 1 N–H and O–H groups in total. The standard InChI is InChI=1S/C14H15N3O2/c1-19-13-5-3-2-4-12(13)14(18)17-7-6-11-8-15-10-16-9-11/h2-5,8-10H,6-7H2,1H3,(H,17,18). The summed E-state index contributed by atoms with van der Waals surface area (Å²) in [4.78, 5) is 19.8. The lowest BCUT2D eigenvalue weighted by Crippen LogP contribution is -2.26. The van der Waals surface area contributed by atoms with E-state index >= 15 is 0 Å². The van der Waals surface area contributed by atoms with Gasteiger partial charge in [-0.1, -0.05) is 12.1 Å². The summed E-state index contributed by atoms with van der Waals surface area (Å²) in [6, 6.07) is 7.14. The Bertz CT molecular complexity index is 543. The van der Waals surface area contributed by atoms with Gasteiger partial charge in [-0.3, -0.25) is 4.79 Å². The number of aromatic nitrogens is 2. The number of para-hydroxylation sites is 1. The molecule has 5 nitrogen and oxygen atoms in total. The number of nitrogens with one attached hydrogen (secondary N) is 1. The van der Waals surface area contributed by atoms with Crippen molar-refractivity contribution in [3.63, 3.8) is 0 Å². The van der Waals surface area contributed by atoms with E-state index in [4.69, 9.17) is 4.74 Å². The predicted molar refractivity (Wildman–Crippen MR) is 71.1 cm³/mol. The topological polar surface area (TPSA) is 64.1 Å². The average molecular weight is 257 g/mol. The van der Waals surface area contributed by atoms with E-state index in [0.29, 0.717) is 24.3 Å². The molecule has 0 aliphatic heterocycles. The second-order valence-corrected chi connectivity index (χ2v) is 3.95. The third-order valence-electron chi connectivity index (χ3n) is 2.66. The van der Waals surface area contributed by atoms with E-state index in [-0.39, 0.29) is 5.91 Å². The highest BCUT2D eigenvalue weighted by molar-refractivity contribution is 5.96. The van der Waals surface area contributed by atoms with Crippen LogP contribution >= 0.6 is 0 Å². The summed E-state index contributed by atoms with van der Waals surface area (Å²) in [7, 11) is 1.55. The molecule has 98 valence electrons. The Labute approximate surface area is 111 Å². The SMILES string of the molecule is COc1ccccc1C(=O)NCCc1cncnc1. The summed E-state index contributed by atoms with van der Waals surface area (Å²) in [5.41, 5.74) is 1.53. The maximum atomic E-state index is 12.0. The van der Waals surface area contributed by atoms with E-state index < -0.39 is 0 Å². The fraction of sp³-hybridized carbons (Fsp3) is 0.214. The maximum Gasteiger partial charge on any atom is 0.255 e. The fourth-order valence-corrected chi connectivity index (χ4v) is 1.71. The Hall–Kier alpha value is -2.43. The van der Waals surface area contributed by atoms with Crippen LogP contribution in [0.25, 0.3) is 0 Å². The summed E-state index contributed by atoms with van der Waals surface area (Å²) in [5, 5.41) is 2.85. The van der Waals surface area contributed by atoms with Crippen LogP contribution in [0.1, 0.15) is 15.9 Å². The van der Waals surface area contributed by atoms with Crippen molar-refractivity contribution in [2.75, 3.05) is 13.7 Å². The summed E-state index contributed by atoms with van der Waals surface area (Å²) < 4.78 is 5.15. The van der Waals surface area contributed by atoms with E-state index in [2.05, 4.69) is 15.3 Å². The molecule has 0 radical (unpaired) electrons. The summed E-state index contributed by atoms with van der Waals surface area (Å²) in [6.45, 7) is 0.532. The fourth-order valence-electron chi connectivity index (χ4n) is 1.71. The number of carbonyl (C=O) groups excluding carboxylic acids is 1. The third-order valence-corrected chi connectivity index (χ3v) is 2.66. The Balaban J connectivity index is 1.91. The smallest absolute Gasteiger partial charge is 0.255 e. The number of rotatable bonds is 5. The van der Waals surface area contributed by atoms with Crippen LogP contribution in [0.2, 0.25) is 0 Å². The molecule has 2 aromatic rings. The van der Waals surface area contributed by atoms with Crippen molar-refractivity contribution in [2.24, 2.45) is 0 Å². The second-order valence-electron chi connectivity index (χ2n) is 3.95. The monoisotopic (exact) mass is 257 g/mol. The first-order valence-corrected chi connectivity index (χ1v) is 5.96. The van der Waals surface area contributed by atoms with E-state index in [1.165, 1.54) is 6.33 Å². The van der Waals surface area contributed by atoms with Gasteiger partial charge in [0.2, 0.25) is 0 Å². The third kappa shape index (κ3) is 3.51. The highest BCUT2D eigenvalue weighted by atomic mass is 16.5. The van der Waals surface area contributed by atoms with E-state index in [9.17, 15) is 4.79 Å². The summed E-state index contributed by atoms with van der Waals surface area (Å²) in [6.07, 6.45) is 5.66. The second kappa shape index (κ2) is 6.49. The quantitative estimate of drug-likeness (QED) is 0.880. The molecule has 1 aromatic carbocycles. The summed E-state index contributed by atoms with van der Waals surface area (Å²) in [5.74, 6) is 0.428. The van der Waals surface area contributed by atoms with Gasteiger partial charge in [-0.2, -0.15) is 0 Å². The van der Waals surface area contributed by atoms with Crippen molar-refractivity contribution in [1.82, 2.24) is 15.3 Å². The van der Waals surface area contributed by atoms with Crippen LogP contribution in [-0.4, -0.2) is 29.5 Å². The molecular weight excluding hydrogens is 242 g/mol. The van der Waals surface area contributed by atoms with Crippen LogP contribution < -0.4 is 10.1 Å². The van der Waals surface area contributed by atoms with Gasteiger partial charge in [0.15, 0.2) is 0 Å². The molecular formula is C14H15N3O2. The first-order chi connectivity index (χ1) is 9.31. The number of benzene rings is 1. The van der Waals surface area contributed by atoms with Crippen LogP contribution in [0.15, 0.2) is 43.0 Å². The Kier molecular flexibility index (Phi) is 4.44. The molecule has 19 heavy (non-hydrogen) atoms. The number of hydrogen-bond acceptors (Lipinski definition) is 4. The van der Waals surface area contributed by atoms with Gasteiger partial charge in [-0.25, -0.2) is 9.97 Å². The molecule has 2 rings (SSSR count). The van der Waals surface area contributed by atoms with Crippen molar-refractivity contribution in [1.29, 1.82) is 0 Å². The van der Waals surface area contributed by atoms with Crippen molar-refractivity contribution in [3.05, 3.63) is 54.1 Å². The van der Waals surface area contributed by atoms with Crippen LogP contribution in [0.4, 0.5) is 0 Å². The molecule has 0 aliphatic carbocycles. The lowest BCUT2D eigenvalue weighted by Gasteiger charge is -2.08. The van der Waals surface area contributed by atoms with Crippen LogP contribution in [0.3, 0.4) is 0 Å². The van der Waals surface area contributed by atoms with Gasteiger partial charge in [0, 0.05) is 18.9 Å². The molecule has 0 aliphatic rings. The van der Waals surface area contributed by atoms with E-state index in [0.717, 1.165) is 5.56 Å². The van der Waals surface area contributed by atoms with Crippen molar-refractivity contribution < 1.29 is 9.53 Å². The lowest BCUT2D eigenvalue weighted by atomic mass is 10.2. The van der Waals surface area contributed by atoms with Gasteiger partial charge in [-0.15, -0.1) is 0 Å². The van der Waals surface area contributed by atoms with Gasteiger partial charge in [0.05, 0.1) is 12.7 Å². The van der Waals surface area contributed by atoms with Gasteiger partial charge < -0.3 is 10.1 Å². The van der Waals surface area contributed by atoms with E-state index in [1.807, 2.05) is 12.1 Å². The molecule has 1 heterocycles. The average Bonchev–Trinajstić information content (AvgIpc) is 2.48. The first-order valence-electron chi connectivity index (χ1n) is 5.96. The van der Waals surface area contributed by atoms with Crippen LogP contribution in [-0.2, 0) is 6.42 Å².